The summed E-state index contributed by atoms with van der Waals surface area (Å²) in [5, 5.41) is 8.67. The van der Waals surface area contributed by atoms with E-state index in [1.165, 1.54) is 0 Å². The molecule has 0 spiro atoms. The standard InChI is InChI=1S/C9H7N2O2/c10-5-7-3-1-2-4-8(7)9(11)13-6-12/h1-4,6H,11H2. The summed E-state index contributed by atoms with van der Waals surface area (Å²) in [5.74, 6) is 0. The van der Waals surface area contributed by atoms with Crippen LogP contribution in [0.15, 0.2) is 24.3 Å². The van der Waals surface area contributed by atoms with Gasteiger partial charge in [0.25, 0.3) is 6.47 Å². The highest BCUT2D eigenvalue weighted by Gasteiger charge is 2.12. The molecule has 0 bridgehead atoms. The van der Waals surface area contributed by atoms with E-state index in [4.69, 9.17) is 11.0 Å². The van der Waals surface area contributed by atoms with E-state index in [1.807, 2.05) is 6.07 Å². The molecule has 65 valence electrons. The molecule has 1 aromatic rings. The molecular weight excluding hydrogens is 168 g/mol. The first-order valence-corrected chi connectivity index (χ1v) is 3.52. The van der Waals surface area contributed by atoms with Crippen molar-refractivity contribution in [2.45, 2.75) is 0 Å². The number of carbonyl (C=O) groups is 1. The molecule has 4 nitrogen and oxygen atoms in total. The van der Waals surface area contributed by atoms with Crippen molar-refractivity contribution in [3.05, 3.63) is 41.6 Å². The molecule has 0 aliphatic rings. The number of benzene rings is 1. The van der Waals surface area contributed by atoms with Crippen LogP contribution in [0, 0.1) is 17.6 Å². The van der Waals surface area contributed by atoms with Gasteiger partial charge in [-0.2, -0.15) is 5.26 Å². The van der Waals surface area contributed by atoms with Gasteiger partial charge in [0.05, 0.1) is 11.6 Å². The van der Waals surface area contributed by atoms with Crippen molar-refractivity contribution in [1.82, 2.24) is 0 Å². The number of hydrogen-bond acceptors (Lipinski definition) is 4. The average molecular weight is 175 g/mol. The Kier molecular flexibility index (Phi) is 3.01. The van der Waals surface area contributed by atoms with Crippen LogP contribution in [-0.4, -0.2) is 6.47 Å². The molecule has 0 aliphatic carbocycles. The van der Waals surface area contributed by atoms with Crippen molar-refractivity contribution in [3.63, 3.8) is 0 Å². The molecule has 1 rings (SSSR count). The van der Waals surface area contributed by atoms with Crippen LogP contribution in [0.25, 0.3) is 0 Å². The molecule has 0 atom stereocenters. The van der Waals surface area contributed by atoms with Crippen LogP contribution in [0.1, 0.15) is 11.1 Å². The fourth-order valence-corrected chi connectivity index (χ4v) is 0.911. The molecule has 0 unspecified atom stereocenters. The quantitative estimate of drug-likeness (QED) is 0.680. The number of nitriles is 1. The second-order valence-corrected chi connectivity index (χ2v) is 2.24. The first-order chi connectivity index (χ1) is 6.29. The fraction of sp³-hybridized carbons (Fsp3) is 0. The monoisotopic (exact) mass is 175 g/mol. The molecule has 0 saturated carbocycles. The molecule has 0 aromatic heterocycles. The SMILES string of the molecule is N#Cc1ccccc1[C](N)OC=O. The molecule has 13 heavy (non-hydrogen) atoms. The Morgan fingerprint density at radius 1 is 1.54 bits per heavy atom. The maximum Gasteiger partial charge on any atom is 0.295 e. The second kappa shape index (κ2) is 4.24. The molecule has 2 N–H and O–H groups in total. The predicted molar refractivity (Wildman–Crippen MR) is 44.8 cm³/mol. The summed E-state index contributed by atoms with van der Waals surface area (Å²) in [4.78, 5) is 9.98. The molecule has 0 fully saturated rings. The van der Waals surface area contributed by atoms with Crippen molar-refractivity contribution >= 4 is 6.47 Å². The third-order valence-electron chi connectivity index (χ3n) is 1.49. The lowest BCUT2D eigenvalue weighted by molar-refractivity contribution is -0.127. The van der Waals surface area contributed by atoms with Gasteiger partial charge in [0.2, 0.25) is 6.23 Å². The maximum atomic E-state index is 9.98. The molecule has 4 heteroatoms. The van der Waals surface area contributed by atoms with Gasteiger partial charge in [-0.05, 0) is 6.07 Å². The number of carbonyl (C=O) groups excluding carboxylic acids is 1. The van der Waals surface area contributed by atoms with Gasteiger partial charge in [0.15, 0.2) is 0 Å². The van der Waals surface area contributed by atoms with Gasteiger partial charge in [0, 0.05) is 5.56 Å². The van der Waals surface area contributed by atoms with Crippen LogP contribution in [-0.2, 0) is 9.53 Å². The Morgan fingerprint density at radius 3 is 2.85 bits per heavy atom. The van der Waals surface area contributed by atoms with Crippen LogP contribution >= 0.6 is 0 Å². The first-order valence-electron chi connectivity index (χ1n) is 3.52. The molecular formula is C9H7N2O2. The molecule has 0 heterocycles. The summed E-state index contributed by atoms with van der Waals surface area (Å²) in [6, 6.07) is 8.55. The van der Waals surface area contributed by atoms with E-state index in [1.54, 1.807) is 24.3 Å². The summed E-state index contributed by atoms with van der Waals surface area (Å²) in [6.07, 6.45) is -0.0628. The largest absolute Gasteiger partial charge is 0.435 e. The fourth-order valence-electron chi connectivity index (χ4n) is 0.911. The maximum absolute atomic E-state index is 9.98. The Bertz CT molecular complexity index is 344. The highest BCUT2D eigenvalue weighted by atomic mass is 16.5. The molecule has 1 aromatic carbocycles. The van der Waals surface area contributed by atoms with Crippen molar-refractivity contribution in [1.29, 1.82) is 5.26 Å². The Hall–Kier alpha value is -1.86. The van der Waals surface area contributed by atoms with Crippen LogP contribution in [0.5, 0.6) is 0 Å². The van der Waals surface area contributed by atoms with E-state index in [-0.39, 0.29) is 12.7 Å². The van der Waals surface area contributed by atoms with Gasteiger partial charge in [0.1, 0.15) is 0 Å². The van der Waals surface area contributed by atoms with Crippen LogP contribution in [0.2, 0.25) is 0 Å². The van der Waals surface area contributed by atoms with Crippen molar-refractivity contribution in [3.8, 4) is 6.07 Å². The molecule has 0 saturated heterocycles. The molecule has 0 aliphatic heterocycles. The lowest BCUT2D eigenvalue weighted by atomic mass is 10.1. The Morgan fingerprint density at radius 2 is 2.23 bits per heavy atom. The number of nitrogens with zero attached hydrogens (tertiary/aromatic N) is 1. The normalized spacial score (nSPS) is 9.31. The summed E-state index contributed by atoms with van der Waals surface area (Å²) in [7, 11) is 0. The van der Waals surface area contributed by atoms with E-state index in [0.29, 0.717) is 11.1 Å². The van der Waals surface area contributed by atoms with E-state index in [2.05, 4.69) is 4.74 Å². The van der Waals surface area contributed by atoms with Crippen LogP contribution in [0.3, 0.4) is 0 Å². The minimum atomic E-state index is -0.0628. The summed E-state index contributed by atoms with van der Waals surface area (Å²) >= 11 is 0. The molecule has 1 radical (unpaired) electrons. The highest BCUT2D eigenvalue weighted by Crippen LogP contribution is 2.14. The minimum Gasteiger partial charge on any atom is -0.435 e. The van der Waals surface area contributed by atoms with Gasteiger partial charge in [-0.25, -0.2) is 0 Å². The number of nitrogens with two attached hydrogens (primary N) is 1. The number of hydrogen-bond donors (Lipinski definition) is 1. The third-order valence-corrected chi connectivity index (χ3v) is 1.49. The van der Waals surface area contributed by atoms with E-state index in [9.17, 15) is 4.79 Å². The van der Waals surface area contributed by atoms with Gasteiger partial charge < -0.3 is 4.74 Å². The zero-order valence-electron chi connectivity index (χ0n) is 6.73. The lowest BCUT2D eigenvalue weighted by Gasteiger charge is -2.08. The minimum absolute atomic E-state index is 0.0628. The lowest BCUT2D eigenvalue weighted by Crippen LogP contribution is -2.15. The smallest absolute Gasteiger partial charge is 0.295 e. The van der Waals surface area contributed by atoms with Crippen molar-refractivity contribution < 1.29 is 9.53 Å². The van der Waals surface area contributed by atoms with E-state index in [0.717, 1.165) is 0 Å². The third kappa shape index (κ3) is 2.04. The Balaban J connectivity index is 2.99. The first kappa shape index (κ1) is 9.23. The topological polar surface area (TPSA) is 76.1 Å². The van der Waals surface area contributed by atoms with Gasteiger partial charge in [-0.15, -0.1) is 0 Å². The van der Waals surface area contributed by atoms with Crippen molar-refractivity contribution in [2.75, 3.05) is 0 Å². The predicted octanol–water partition coefficient (Wildman–Crippen LogP) is 0.528. The van der Waals surface area contributed by atoms with Gasteiger partial charge in [-0.1, -0.05) is 18.2 Å². The van der Waals surface area contributed by atoms with E-state index < -0.39 is 0 Å². The van der Waals surface area contributed by atoms with Crippen molar-refractivity contribution in [2.24, 2.45) is 5.73 Å². The zero-order valence-corrected chi connectivity index (χ0v) is 6.73. The molecule has 0 amide bonds. The van der Waals surface area contributed by atoms with Gasteiger partial charge >= 0.3 is 0 Å². The number of ether oxygens (including phenoxy) is 1. The Labute approximate surface area is 75.5 Å². The van der Waals surface area contributed by atoms with Crippen LogP contribution in [0.4, 0.5) is 0 Å². The summed E-state index contributed by atoms with van der Waals surface area (Å²) in [6.45, 7) is 0.226. The number of rotatable bonds is 3. The summed E-state index contributed by atoms with van der Waals surface area (Å²) < 4.78 is 4.43. The second-order valence-electron chi connectivity index (χ2n) is 2.24. The zero-order chi connectivity index (χ0) is 9.68. The van der Waals surface area contributed by atoms with E-state index >= 15 is 0 Å². The van der Waals surface area contributed by atoms with Gasteiger partial charge in [-0.3, -0.25) is 10.5 Å². The highest BCUT2D eigenvalue weighted by molar-refractivity contribution is 5.47. The average Bonchev–Trinajstić information content (AvgIpc) is 2.18. The van der Waals surface area contributed by atoms with Crippen LogP contribution < -0.4 is 5.73 Å². The summed E-state index contributed by atoms with van der Waals surface area (Å²) in [5.41, 5.74) is 6.20.